The first-order chi connectivity index (χ1) is 9.40. The number of ether oxygens (including phenoxy) is 1. The molecule has 6 heteroatoms. The quantitative estimate of drug-likeness (QED) is 0.795. The smallest absolute Gasteiger partial charge is 0.422 e. The van der Waals surface area contributed by atoms with Crippen LogP contribution in [0.15, 0.2) is 36.9 Å². The van der Waals surface area contributed by atoms with Crippen LogP contribution in [0.3, 0.4) is 0 Å². The van der Waals surface area contributed by atoms with E-state index in [1.807, 2.05) is 0 Å². The molecule has 0 N–H and O–H groups in total. The minimum atomic E-state index is -4.41. The molecule has 1 aliphatic rings. The number of hydrogen-bond acceptors (Lipinski definition) is 2. The molecule has 0 radical (unpaired) electrons. The fourth-order valence-electron chi connectivity index (χ4n) is 2.09. The number of carbonyl (C=O) groups excluding carboxylic acids is 1. The zero-order valence-corrected chi connectivity index (χ0v) is 10.7. The maximum absolute atomic E-state index is 12.2. The number of anilines is 1. The van der Waals surface area contributed by atoms with Crippen LogP contribution in [0.5, 0.6) is 5.75 Å². The highest BCUT2D eigenvalue weighted by Gasteiger charge is 2.32. The van der Waals surface area contributed by atoms with Crippen LogP contribution in [-0.2, 0) is 4.79 Å². The van der Waals surface area contributed by atoms with Crippen molar-refractivity contribution in [2.24, 2.45) is 5.92 Å². The lowest BCUT2D eigenvalue weighted by Crippen LogP contribution is -2.26. The van der Waals surface area contributed by atoms with Gasteiger partial charge in [0.15, 0.2) is 6.61 Å². The first-order valence-corrected chi connectivity index (χ1v) is 6.12. The second-order valence-corrected chi connectivity index (χ2v) is 4.58. The summed E-state index contributed by atoms with van der Waals surface area (Å²) in [6, 6.07) is 6.23. The third kappa shape index (κ3) is 3.31. The highest BCUT2D eigenvalue weighted by atomic mass is 19.4. The Balaban J connectivity index is 2.20. The molecule has 0 saturated carbocycles. The van der Waals surface area contributed by atoms with E-state index in [9.17, 15) is 18.0 Å². The summed E-state index contributed by atoms with van der Waals surface area (Å²) in [7, 11) is 0. The summed E-state index contributed by atoms with van der Waals surface area (Å²) < 4.78 is 41.5. The van der Waals surface area contributed by atoms with E-state index in [2.05, 4.69) is 6.58 Å². The van der Waals surface area contributed by atoms with E-state index in [-0.39, 0.29) is 17.6 Å². The number of carbonyl (C=O) groups is 1. The van der Waals surface area contributed by atoms with Crippen LogP contribution in [0.1, 0.15) is 6.42 Å². The Bertz CT molecular complexity index is 513. The van der Waals surface area contributed by atoms with Gasteiger partial charge in [-0.3, -0.25) is 4.79 Å². The van der Waals surface area contributed by atoms with Gasteiger partial charge in [-0.05, 0) is 12.1 Å². The lowest BCUT2D eigenvalue weighted by Gasteiger charge is -2.20. The van der Waals surface area contributed by atoms with Crippen molar-refractivity contribution < 1.29 is 22.7 Å². The highest BCUT2D eigenvalue weighted by Crippen LogP contribution is 2.34. The van der Waals surface area contributed by atoms with Crippen LogP contribution in [0.2, 0.25) is 0 Å². The van der Waals surface area contributed by atoms with Crippen molar-refractivity contribution in [3.8, 4) is 5.75 Å². The van der Waals surface area contributed by atoms with Crippen molar-refractivity contribution in [3.63, 3.8) is 0 Å². The van der Waals surface area contributed by atoms with Crippen molar-refractivity contribution in [2.75, 3.05) is 18.1 Å². The van der Waals surface area contributed by atoms with E-state index in [1.54, 1.807) is 24.3 Å². The van der Waals surface area contributed by atoms with Gasteiger partial charge in [-0.15, -0.1) is 6.58 Å². The highest BCUT2D eigenvalue weighted by molar-refractivity contribution is 5.97. The Hall–Kier alpha value is -1.98. The van der Waals surface area contributed by atoms with E-state index in [1.165, 1.54) is 11.0 Å². The molecule has 20 heavy (non-hydrogen) atoms. The lowest BCUT2D eigenvalue weighted by molar-refractivity contribution is -0.153. The first-order valence-electron chi connectivity index (χ1n) is 6.12. The van der Waals surface area contributed by atoms with Gasteiger partial charge < -0.3 is 9.64 Å². The van der Waals surface area contributed by atoms with Crippen molar-refractivity contribution >= 4 is 11.6 Å². The number of para-hydroxylation sites is 2. The van der Waals surface area contributed by atoms with Gasteiger partial charge >= 0.3 is 6.18 Å². The maximum Gasteiger partial charge on any atom is 0.422 e. The molecular weight excluding hydrogens is 271 g/mol. The molecule has 1 aromatic rings. The number of amides is 1. The Morgan fingerprint density at radius 1 is 1.40 bits per heavy atom. The Morgan fingerprint density at radius 2 is 2.10 bits per heavy atom. The third-order valence-corrected chi connectivity index (χ3v) is 3.04. The summed E-state index contributed by atoms with van der Waals surface area (Å²) in [5.74, 6) is -0.0704. The molecule has 0 aliphatic carbocycles. The van der Waals surface area contributed by atoms with E-state index >= 15 is 0 Å². The van der Waals surface area contributed by atoms with Gasteiger partial charge in [-0.25, -0.2) is 0 Å². The average Bonchev–Trinajstić information content (AvgIpc) is 2.77. The Morgan fingerprint density at radius 3 is 2.70 bits per heavy atom. The molecule has 1 atom stereocenters. The van der Waals surface area contributed by atoms with Crippen molar-refractivity contribution in [2.45, 2.75) is 12.6 Å². The lowest BCUT2D eigenvalue weighted by atomic mass is 10.1. The Labute approximate surface area is 114 Å². The van der Waals surface area contributed by atoms with Crippen molar-refractivity contribution in [1.82, 2.24) is 0 Å². The van der Waals surface area contributed by atoms with Gasteiger partial charge in [0.05, 0.1) is 5.69 Å². The van der Waals surface area contributed by atoms with Gasteiger partial charge in [0.1, 0.15) is 5.75 Å². The molecule has 2 rings (SSSR count). The first kappa shape index (κ1) is 14.4. The molecule has 1 aromatic carbocycles. The van der Waals surface area contributed by atoms with Crippen LogP contribution in [0, 0.1) is 5.92 Å². The zero-order chi connectivity index (χ0) is 14.8. The van der Waals surface area contributed by atoms with Gasteiger partial charge in [-0.2, -0.15) is 13.2 Å². The molecule has 1 unspecified atom stereocenters. The predicted octanol–water partition coefficient (Wildman–Crippen LogP) is 3.17. The molecule has 1 saturated heterocycles. The van der Waals surface area contributed by atoms with Crippen molar-refractivity contribution in [1.29, 1.82) is 0 Å². The molecule has 1 amide bonds. The topological polar surface area (TPSA) is 29.5 Å². The minimum absolute atomic E-state index is 0.0122. The molecule has 1 heterocycles. The van der Waals surface area contributed by atoms with Crippen LogP contribution < -0.4 is 9.64 Å². The summed E-state index contributed by atoms with van der Waals surface area (Å²) in [5, 5.41) is 0. The molecule has 1 fully saturated rings. The third-order valence-electron chi connectivity index (χ3n) is 3.04. The van der Waals surface area contributed by atoms with Gasteiger partial charge in [0.25, 0.3) is 0 Å². The average molecular weight is 285 g/mol. The van der Waals surface area contributed by atoms with Crippen LogP contribution >= 0.6 is 0 Å². The maximum atomic E-state index is 12.2. The number of alkyl halides is 3. The van der Waals surface area contributed by atoms with Crippen LogP contribution in [0.25, 0.3) is 0 Å². The summed E-state index contributed by atoms with van der Waals surface area (Å²) >= 11 is 0. The molecule has 3 nitrogen and oxygen atoms in total. The van der Waals surface area contributed by atoms with Crippen LogP contribution in [0.4, 0.5) is 18.9 Å². The zero-order valence-electron chi connectivity index (χ0n) is 10.7. The minimum Gasteiger partial charge on any atom is -0.482 e. The summed E-state index contributed by atoms with van der Waals surface area (Å²) in [4.78, 5) is 13.3. The Kier molecular flexibility index (Phi) is 4.01. The molecule has 0 bridgehead atoms. The van der Waals surface area contributed by atoms with E-state index < -0.39 is 12.8 Å². The monoisotopic (exact) mass is 285 g/mol. The number of rotatable bonds is 4. The van der Waals surface area contributed by atoms with Gasteiger partial charge in [-0.1, -0.05) is 18.2 Å². The number of nitrogens with zero attached hydrogens (tertiary/aromatic N) is 1. The number of benzene rings is 1. The molecule has 108 valence electrons. The van der Waals surface area contributed by atoms with E-state index in [0.29, 0.717) is 18.7 Å². The number of halogens is 3. The van der Waals surface area contributed by atoms with E-state index in [4.69, 9.17) is 4.74 Å². The SMILES string of the molecule is C=CC1CC(=O)N(c2ccccc2OCC(F)(F)F)C1. The van der Waals surface area contributed by atoms with Gasteiger partial charge in [0.2, 0.25) is 5.91 Å². The van der Waals surface area contributed by atoms with Gasteiger partial charge in [0, 0.05) is 18.9 Å². The van der Waals surface area contributed by atoms with Crippen LogP contribution in [-0.4, -0.2) is 25.2 Å². The molecule has 1 aliphatic heterocycles. The summed E-state index contributed by atoms with van der Waals surface area (Å²) in [6.07, 6.45) is -2.42. The molecular formula is C14H14F3NO2. The largest absolute Gasteiger partial charge is 0.482 e. The normalized spacial score (nSPS) is 19.2. The number of hydrogen-bond donors (Lipinski definition) is 0. The fraction of sp³-hybridized carbons (Fsp3) is 0.357. The summed E-state index contributed by atoms with van der Waals surface area (Å²) in [6.45, 7) is 2.67. The predicted molar refractivity (Wildman–Crippen MR) is 68.6 cm³/mol. The molecule has 0 spiro atoms. The second-order valence-electron chi connectivity index (χ2n) is 4.58. The fourth-order valence-corrected chi connectivity index (χ4v) is 2.09. The van der Waals surface area contributed by atoms with Crippen molar-refractivity contribution in [3.05, 3.63) is 36.9 Å². The summed E-state index contributed by atoms with van der Waals surface area (Å²) in [5.41, 5.74) is 0.367. The van der Waals surface area contributed by atoms with E-state index in [0.717, 1.165) is 0 Å². The second kappa shape index (κ2) is 5.56. The standard InChI is InChI=1S/C14H14F3NO2/c1-2-10-7-13(19)18(8-10)11-5-3-4-6-12(11)20-9-14(15,16)17/h2-6,10H,1,7-9H2. The molecule has 0 aromatic heterocycles.